The van der Waals surface area contributed by atoms with Crippen LogP contribution < -0.4 is 15.2 Å². The minimum atomic E-state index is -3.18. The van der Waals surface area contributed by atoms with Gasteiger partial charge in [-0.2, -0.15) is 0 Å². The maximum atomic E-state index is 12.8. The van der Waals surface area contributed by atoms with E-state index < -0.39 is 9.84 Å². The molecule has 1 aromatic heterocycles. The average molecular weight is 428 g/mol. The van der Waals surface area contributed by atoms with Crippen molar-refractivity contribution in [3.8, 4) is 5.75 Å². The lowest BCUT2D eigenvalue weighted by atomic mass is 9.96. The zero-order chi connectivity index (χ0) is 21.3. The first-order chi connectivity index (χ1) is 14.3. The van der Waals surface area contributed by atoms with Crippen molar-refractivity contribution in [2.45, 2.75) is 24.3 Å². The van der Waals surface area contributed by atoms with Crippen molar-refractivity contribution in [3.63, 3.8) is 0 Å². The lowest BCUT2D eigenvalue weighted by Gasteiger charge is -2.33. The number of rotatable bonds is 5. The first kappa shape index (κ1) is 20.4. The van der Waals surface area contributed by atoms with Crippen molar-refractivity contribution in [2.24, 2.45) is 5.92 Å². The van der Waals surface area contributed by atoms with Gasteiger partial charge < -0.3 is 9.64 Å². The van der Waals surface area contributed by atoms with E-state index in [2.05, 4.69) is 9.88 Å². The van der Waals surface area contributed by atoms with Crippen molar-refractivity contribution < 1.29 is 13.2 Å². The molecule has 1 fully saturated rings. The molecule has 0 radical (unpaired) electrons. The molecule has 0 aliphatic carbocycles. The van der Waals surface area contributed by atoms with Gasteiger partial charge in [0, 0.05) is 37.6 Å². The highest BCUT2D eigenvalue weighted by molar-refractivity contribution is 7.90. The van der Waals surface area contributed by atoms with Crippen molar-refractivity contribution in [1.82, 2.24) is 9.55 Å². The lowest BCUT2D eigenvalue weighted by molar-refractivity contribution is 0.352. The summed E-state index contributed by atoms with van der Waals surface area (Å²) in [6.45, 7) is 2.39. The van der Waals surface area contributed by atoms with Crippen LogP contribution in [0.25, 0.3) is 10.9 Å². The Labute approximate surface area is 175 Å². The van der Waals surface area contributed by atoms with E-state index in [1.54, 1.807) is 48.3 Å². The first-order valence-electron chi connectivity index (χ1n) is 9.93. The monoisotopic (exact) mass is 427 g/mol. The van der Waals surface area contributed by atoms with E-state index >= 15 is 0 Å². The third kappa shape index (κ3) is 4.18. The minimum Gasteiger partial charge on any atom is -0.497 e. The normalized spacial score (nSPS) is 15.5. The van der Waals surface area contributed by atoms with Gasteiger partial charge in [-0.15, -0.1) is 0 Å². The van der Waals surface area contributed by atoms with E-state index in [0.29, 0.717) is 34.0 Å². The summed E-state index contributed by atoms with van der Waals surface area (Å²) in [5.41, 5.74) is 1.64. The van der Waals surface area contributed by atoms with Crippen molar-refractivity contribution in [2.75, 3.05) is 31.4 Å². The molecule has 0 saturated carbocycles. The Hall–Kier alpha value is -2.87. The molecule has 0 amide bonds. The predicted octanol–water partition coefficient (Wildman–Crippen LogP) is 2.73. The number of anilines is 1. The Bertz CT molecular complexity index is 1210. The van der Waals surface area contributed by atoms with Crippen LogP contribution in [-0.4, -0.2) is 44.4 Å². The zero-order valence-electron chi connectivity index (χ0n) is 17.1. The first-order valence-corrected chi connectivity index (χ1v) is 11.8. The Kier molecular flexibility index (Phi) is 5.51. The number of nitrogens with zero attached hydrogens (tertiary/aromatic N) is 3. The van der Waals surface area contributed by atoms with Crippen LogP contribution in [0, 0.1) is 5.92 Å². The third-order valence-corrected chi connectivity index (χ3v) is 6.86. The fourth-order valence-electron chi connectivity index (χ4n) is 3.95. The molecule has 2 aromatic carbocycles. The molecule has 1 saturated heterocycles. The van der Waals surface area contributed by atoms with Gasteiger partial charge in [0.25, 0.3) is 5.56 Å². The zero-order valence-corrected chi connectivity index (χ0v) is 17.9. The van der Waals surface area contributed by atoms with Gasteiger partial charge >= 0.3 is 0 Å². The Morgan fingerprint density at radius 2 is 1.80 bits per heavy atom. The Balaban J connectivity index is 1.42. The van der Waals surface area contributed by atoms with Crippen molar-refractivity contribution >= 4 is 26.4 Å². The van der Waals surface area contributed by atoms with E-state index in [9.17, 15) is 13.2 Å². The molecule has 3 aromatic rings. The number of hydrogen-bond donors (Lipinski definition) is 0. The Morgan fingerprint density at radius 3 is 2.43 bits per heavy atom. The van der Waals surface area contributed by atoms with Gasteiger partial charge in [-0.3, -0.25) is 9.36 Å². The van der Waals surface area contributed by atoms with E-state index in [0.717, 1.165) is 31.6 Å². The molecule has 0 spiro atoms. The maximum Gasteiger partial charge on any atom is 0.261 e. The van der Waals surface area contributed by atoms with Crippen LogP contribution in [-0.2, 0) is 16.4 Å². The molecule has 8 heteroatoms. The second kappa shape index (κ2) is 8.10. The van der Waals surface area contributed by atoms with E-state index in [-0.39, 0.29) is 5.56 Å². The second-order valence-electron chi connectivity index (χ2n) is 7.78. The van der Waals surface area contributed by atoms with Gasteiger partial charge in [0.2, 0.25) is 0 Å². The highest BCUT2D eigenvalue weighted by Gasteiger charge is 2.21. The molecule has 7 nitrogen and oxygen atoms in total. The van der Waals surface area contributed by atoms with E-state index in [1.165, 1.54) is 6.26 Å². The summed E-state index contributed by atoms with van der Waals surface area (Å²) in [6, 6.07) is 12.4. The third-order valence-electron chi connectivity index (χ3n) is 5.73. The second-order valence-corrected chi connectivity index (χ2v) is 9.80. The van der Waals surface area contributed by atoms with Gasteiger partial charge in [-0.05, 0) is 55.2 Å². The fraction of sp³-hybridized carbons (Fsp3) is 0.364. The molecule has 1 aliphatic heterocycles. The number of methoxy groups -OCH3 is 1. The average Bonchev–Trinajstić information content (AvgIpc) is 2.75. The van der Waals surface area contributed by atoms with Crippen LogP contribution >= 0.6 is 0 Å². The quantitative estimate of drug-likeness (QED) is 0.623. The van der Waals surface area contributed by atoms with E-state index in [1.807, 2.05) is 12.1 Å². The fourth-order valence-corrected chi connectivity index (χ4v) is 4.58. The van der Waals surface area contributed by atoms with Crippen LogP contribution in [0.3, 0.4) is 0 Å². The number of hydrogen-bond acceptors (Lipinski definition) is 6. The largest absolute Gasteiger partial charge is 0.497 e. The summed E-state index contributed by atoms with van der Waals surface area (Å²) >= 11 is 0. The number of ether oxygens (including phenoxy) is 1. The molecule has 0 atom stereocenters. The maximum absolute atomic E-state index is 12.8. The molecular weight excluding hydrogens is 402 g/mol. The molecule has 0 unspecified atom stereocenters. The topological polar surface area (TPSA) is 81.5 Å². The smallest absolute Gasteiger partial charge is 0.261 e. The molecule has 30 heavy (non-hydrogen) atoms. The molecular formula is C22H25N3O4S. The summed E-state index contributed by atoms with van der Waals surface area (Å²) in [5, 5.41) is 0.599. The number of piperidine rings is 1. The minimum absolute atomic E-state index is 0.0264. The Morgan fingerprint density at radius 1 is 1.10 bits per heavy atom. The number of aromatic nitrogens is 2. The summed E-state index contributed by atoms with van der Waals surface area (Å²) in [5.74, 6) is 1.08. The molecule has 0 bridgehead atoms. The van der Waals surface area contributed by atoms with Crippen LogP contribution in [0.1, 0.15) is 12.8 Å². The summed E-state index contributed by atoms with van der Waals surface area (Å²) in [4.78, 5) is 19.8. The highest BCUT2D eigenvalue weighted by atomic mass is 32.2. The summed E-state index contributed by atoms with van der Waals surface area (Å²) in [6.07, 6.45) is 4.76. The van der Waals surface area contributed by atoms with Crippen LogP contribution in [0.15, 0.2) is 58.5 Å². The standard InChI is InChI=1S/C22H25N3O4S/c1-29-18-5-8-20-21(13-18)23-15-25(22(20)26)14-16-9-11-24(12-10-16)17-3-6-19(7-4-17)30(2,27)28/h3-8,13,15-16H,9-12,14H2,1-2H3. The lowest BCUT2D eigenvalue weighted by Crippen LogP contribution is -2.36. The summed E-state index contributed by atoms with van der Waals surface area (Å²) < 4.78 is 30.2. The number of sulfone groups is 1. The van der Waals surface area contributed by atoms with Crippen LogP contribution in [0.2, 0.25) is 0 Å². The summed E-state index contributed by atoms with van der Waals surface area (Å²) in [7, 11) is -1.59. The predicted molar refractivity (Wildman–Crippen MR) is 117 cm³/mol. The SMILES string of the molecule is COc1ccc2c(=O)n(CC3CCN(c4ccc(S(C)(=O)=O)cc4)CC3)cnc2c1. The van der Waals surface area contributed by atoms with Crippen LogP contribution in [0.5, 0.6) is 5.75 Å². The molecule has 1 aliphatic rings. The molecule has 0 N–H and O–H groups in total. The van der Waals surface area contributed by atoms with Crippen molar-refractivity contribution in [3.05, 3.63) is 59.1 Å². The van der Waals surface area contributed by atoms with Gasteiger partial charge in [0.05, 0.1) is 29.2 Å². The molecule has 158 valence electrons. The van der Waals surface area contributed by atoms with Gasteiger partial charge in [-0.1, -0.05) is 0 Å². The van der Waals surface area contributed by atoms with Crippen molar-refractivity contribution in [1.29, 1.82) is 0 Å². The number of fused-ring (bicyclic) bond motifs is 1. The molecule has 2 heterocycles. The highest BCUT2D eigenvalue weighted by Crippen LogP contribution is 2.25. The van der Waals surface area contributed by atoms with Gasteiger partial charge in [-0.25, -0.2) is 13.4 Å². The van der Waals surface area contributed by atoms with Gasteiger partial charge in [0.1, 0.15) is 5.75 Å². The van der Waals surface area contributed by atoms with Crippen LogP contribution in [0.4, 0.5) is 5.69 Å². The molecule has 4 rings (SSSR count). The number of benzene rings is 2. The van der Waals surface area contributed by atoms with Gasteiger partial charge in [0.15, 0.2) is 9.84 Å². The van der Waals surface area contributed by atoms with E-state index in [4.69, 9.17) is 4.74 Å².